The number of hydrogen-bond donors (Lipinski definition) is 1. The molecule has 2 aliphatic rings. The van der Waals surface area contributed by atoms with Gasteiger partial charge in [0, 0.05) is 25.9 Å². The second-order valence-corrected chi connectivity index (χ2v) is 7.11. The number of carbonyl (C=O) groups is 2. The van der Waals surface area contributed by atoms with Gasteiger partial charge in [-0.15, -0.1) is 0 Å². The van der Waals surface area contributed by atoms with Crippen molar-refractivity contribution < 1.29 is 23.5 Å². The van der Waals surface area contributed by atoms with Gasteiger partial charge in [0.25, 0.3) is 5.91 Å². The molecule has 0 aliphatic carbocycles. The number of piperidine rings is 1. The summed E-state index contributed by atoms with van der Waals surface area (Å²) in [6.07, 6.45) is 1.23. The van der Waals surface area contributed by atoms with E-state index in [0.29, 0.717) is 39.1 Å². The normalized spacial score (nSPS) is 20.4. The smallest absolute Gasteiger partial charge is 0.254 e. The molecule has 0 aromatic heterocycles. The van der Waals surface area contributed by atoms with Crippen molar-refractivity contribution in [1.82, 2.24) is 10.2 Å². The minimum Gasteiger partial charge on any atom is -0.347 e. The maximum Gasteiger partial charge on any atom is 0.254 e. The van der Waals surface area contributed by atoms with Crippen molar-refractivity contribution in [3.8, 4) is 0 Å². The van der Waals surface area contributed by atoms with Crippen molar-refractivity contribution in [3.05, 3.63) is 35.6 Å². The molecule has 1 atom stereocenters. The van der Waals surface area contributed by atoms with Crippen LogP contribution in [0.5, 0.6) is 0 Å². The first-order chi connectivity index (χ1) is 12.4. The van der Waals surface area contributed by atoms with Crippen LogP contribution in [-0.2, 0) is 14.3 Å². The molecule has 0 bridgehead atoms. The Labute approximate surface area is 152 Å². The Kier molecular flexibility index (Phi) is 5.58. The fraction of sp³-hybridized carbons (Fsp3) is 0.579. The quantitative estimate of drug-likeness (QED) is 0.887. The third-order valence-electron chi connectivity index (χ3n) is 4.99. The predicted octanol–water partition coefficient (Wildman–Crippen LogP) is 1.95. The van der Waals surface area contributed by atoms with Gasteiger partial charge in [-0.05, 0) is 18.1 Å². The second kappa shape index (κ2) is 7.72. The molecule has 142 valence electrons. The average molecular weight is 364 g/mol. The predicted molar refractivity (Wildman–Crippen MR) is 92.9 cm³/mol. The Morgan fingerprint density at radius 1 is 1.15 bits per heavy atom. The summed E-state index contributed by atoms with van der Waals surface area (Å²) in [6, 6.07) is 5.05. The lowest BCUT2D eigenvalue weighted by Crippen LogP contribution is -2.55. The zero-order valence-corrected chi connectivity index (χ0v) is 15.2. The van der Waals surface area contributed by atoms with Crippen LogP contribution < -0.4 is 5.32 Å². The molecule has 0 unspecified atom stereocenters. The Bertz CT molecular complexity index is 663. The maximum atomic E-state index is 13.8. The fourth-order valence-corrected chi connectivity index (χ4v) is 3.43. The molecule has 2 saturated heterocycles. The monoisotopic (exact) mass is 364 g/mol. The number of halogens is 1. The summed E-state index contributed by atoms with van der Waals surface area (Å²) >= 11 is 0. The van der Waals surface area contributed by atoms with Crippen LogP contribution in [0.25, 0.3) is 0 Å². The number of benzene rings is 1. The summed E-state index contributed by atoms with van der Waals surface area (Å²) in [5, 5.41) is 2.70. The van der Waals surface area contributed by atoms with Gasteiger partial charge < -0.3 is 19.7 Å². The molecule has 0 radical (unpaired) electrons. The van der Waals surface area contributed by atoms with Crippen LogP contribution >= 0.6 is 0 Å². The van der Waals surface area contributed by atoms with E-state index in [0.717, 1.165) is 0 Å². The highest BCUT2D eigenvalue weighted by Crippen LogP contribution is 2.31. The Balaban J connectivity index is 1.65. The number of hydrogen-bond acceptors (Lipinski definition) is 4. The van der Waals surface area contributed by atoms with Crippen LogP contribution in [0.2, 0.25) is 0 Å². The summed E-state index contributed by atoms with van der Waals surface area (Å²) in [4.78, 5) is 27.1. The molecule has 2 amide bonds. The topological polar surface area (TPSA) is 67.9 Å². The molecular weight excluding hydrogens is 339 g/mol. The second-order valence-electron chi connectivity index (χ2n) is 7.11. The number of amides is 2. The highest BCUT2D eigenvalue weighted by molar-refractivity contribution is 5.97. The van der Waals surface area contributed by atoms with Crippen LogP contribution in [-0.4, -0.2) is 54.8 Å². The third kappa shape index (κ3) is 3.88. The molecule has 1 spiro atoms. The first-order valence-electron chi connectivity index (χ1n) is 9.04. The zero-order valence-electron chi connectivity index (χ0n) is 15.2. The van der Waals surface area contributed by atoms with E-state index in [1.54, 1.807) is 11.0 Å². The van der Waals surface area contributed by atoms with E-state index in [1.165, 1.54) is 18.2 Å². The van der Waals surface area contributed by atoms with Crippen LogP contribution in [0.4, 0.5) is 4.39 Å². The summed E-state index contributed by atoms with van der Waals surface area (Å²) in [6.45, 7) is 5.91. The average Bonchev–Trinajstić information content (AvgIpc) is 3.07. The zero-order chi connectivity index (χ0) is 18.7. The first-order valence-corrected chi connectivity index (χ1v) is 9.04. The van der Waals surface area contributed by atoms with E-state index in [1.807, 2.05) is 13.8 Å². The molecule has 2 aliphatic heterocycles. The number of ether oxygens (including phenoxy) is 2. The van der Waals surface area contributed by atoms with Crippen LogP contribution in [0.1, 0.15) is 37.0 Å². The molecule has 2 fully saturated rings. The van der Waals surface area contributed by atoms with Gasteiger partial charge >= 0.3 is 0 Å². The van der Waals surface area contributed by atoms with Gasteiger partial charge in [0.1, 0.15) is 11.9 Å². The summed E-state index contributed by atoms with van der Waals surface area (Å²) in [5.74, 6) is -2.01. The third-order valence-corrected chi connectivity index (χ3v) is 4.99. The van der Waals surface area contributed by atoms with Crippen LogP contribution in [0, 0.1) is 11.7 Å². The maximum absolute atomic E-state index is 13.8. The number of carbonyl (C=O) groups excluding carboxylic acids is 2. The van der Waals surface area contributed by atoms with E-state index >= 15 is 0 Å². The van der Waals surface area contributed by atoms with E-state index in [9.17, 15) is 14.0 Å². The van der Waals surface area contributed by atoms with Crippen molar-refractivity contribution in [3.63, 3.8) is 0 Å². The first kappa shape index (κ1) is 18.8. The van der Waals surface area contributed by atoms with Gasteiger partial charge in [-0.3, -0.25) is 9.59 Å². The molecule has 26 heavy (non-hydrogen) atoms. The standard InChI is InChI=1S/C19H25FN2O4/c1-13(2)16(21-17(23)14-5-3-4-6-15(14)20)18(24)22-9-7-19(8-10-22)25-11-12-26-19/h3-6,13,16H,7-12H2,1-2H3,(H,21,23)/t16-/m1/s1. The van der Waals surface area contributed by atoms with Crippen molar-refractivity contribution in [2.24, 2.45) is 5.92 Å². The minimum absolute atomic E-state index is 0.0590. The number of nitrogens with one attached hydrogen (secondary N) is 1. The SMILES string of the molecule is CC(C)[C@@H](NC(=O)c1ccccc1F)C(=O)N1CCC2(CC1)OCCO2. The highest BCUT2D eigenvalue weighted by atomic mass is 19.1. The fourth-order valence-electron chi connectivity index (χ4n) is 3.43. The molecular formula is C19H25FN2O4. The summed E-state index contributed by atoms with van der Waals surface area (Å²) in [7, 11) is 0. The number of rotatable bonds is 4. The van der Waals surface area contributed by atoms with Gasteiger partial charge in [-0.25, -0.2) is 4.39 Å². The van der Waals surface area contributed by atoms with Crippen LogP contribution in [0.3, 0.4) is 0 Å². The molecule has 1 aromatic carbocycles. The molecule has 3 rings (SSSR count). The number of likely N-dealkylation sites (tertiary alicyclic amines) is 1. The van der Waals surface area contributed by atoms with Crippen molar-refractivity contribution in [2.75, 3.05) is 26.3 Å². The molecule has 0 saturated carbocycles. The molecule has 1 N–H and O–H groups in total. The Hall–Kier alpha value is -1.99. The largest absolute Gasteiger partial charge is 0.347 e. The lowest BCUT2D eigenvalue weighted by Gasteiger charge is -2.39. The Morgan fingerprint density at radius 2 is 1.77 bits per heavy atom. The summed E-state index contributed by atoms with van der Waals surface area (Å²) in [5.41, 5.74) is -0.0590. The van der Waals surface area contributed by atoms with E-state index < -0.39 is 23.6 Å². The van der Waals surface area contributed by atoms with Crippen LogP contribution in [0.15, 0.2) is 24.3 Å². The van der Waals surface area contributed by atoms with E-state index in [-0.39, 0.29) is 17.4 Å². The van der Waals surface area contributed by atoms with Crippen molar-refractivity contribution in [1.29, 1.82) is 0 Å². The van der Waals surface area contributed by atoms with Crippen molar-refractivity contribution >= 4 is 11.8 Å². The minimum atomic E-state index is -0.707. The molecule has 2 heterocycles. The van der Waals surface area contributed by atoms with E-state index in [4.69, 9.17) is 9.47 Å². The molecule has 6 nitrogen and oxygen atoms in total. The summed E-state index contributed by atoms with van der Waals surface area (Å²) < 4.78 is 25.2. The lowest BCUT2D eigenvalue weighted by molar-refractivity contribution is -0.188. The van der Waals surface area contributed by atoms with E-state index in [2.05, 4.69) is 5.32 Å². The molecule has 7 heteroatoms. The van der Waals surface area contributed by atoms with Crippen molar-refractivity contribution in [2.45, 2.75) is 38.5 Å². The van der Waals surface area contributed by atoms with Gasteiger partial charge in [0.05, 0.1) is 18.8 Å². The van der Waals surface area contributed by atoms with Gasteiger partial charge in [-0.1, -0.05) is 26.0 Å². The number of nitrogens with zero attached hydrogens (tertiary/aromatic N) is 1. The lowest BCUT2D eigenvalue weighted by atomic mass is 9.98. The van der Waals surface area contributed by atoms with Gasteiger partial charge in [0.15, 0.2) is 5.79 Å². The van der Waals surface area contributed by atoms with Gasteiger partial charge in [-0.2, -0.15) is 0 Å². The molecule has 1 aromatic rings. The Morgan fingerprint density at radius 3 is 2.35 bits per heavy atom. The van der Waals surface area contributed by atoms with Gasteiger partial charge in [0.2, 0.25) is 5.91 Å². The highest BCUT2D eigenvalue weighted by Gasteiger charge is 2.42.